The number of nitrogens with zero attached hydrogens (tertiary/aromatic N) is 1. The molecule has 0 atom stereocenters. The lowest BCUT2D eigenvalue weighted by molar-refractivity contribution is -0.120. The number of benzene rings is 1. The fraction of sp³-hybridized carbons (Fsp3) is 0.333. The number of hydrogen-bond acceptors (Lipinski definition) is 3. The molecular formula is C12H15BrN2O2. The Balaban J connectivity index is 2.77. The molecule has 0 bridgehead atoms. The van der Waals surface area contributed by atoms with Crippen molar-refractivity contribution in [3.63, 3.8) is 0 Å². The van der Waals surface area contributed by atoms with E-state index in [-0.39, 0.29) is 5.91 Å². The number of amides is 1. The van der Waals surface area contributed by atoms with Gasteiger partial charge in [-0.25, -0.2) is 0 Å². The first-order chi connectivity index (χ1) is 8.08. The minimum atomic E-state index is -0.0124. The fourth-order valence-corrected chi connectivity index (χ4v) is 1.86. The van der Waals surface area contributed by atoms with Crippen LogP contribution in [0.5, 0.6) is 0 Å². The zero-order valence-electron chi connectivity index (χ0n) is 9.87. The second-order valence-corrected chi connectivity index (χ2v) is 4.58. The summed E-state index contributed by atoms with van der Waals surface area (Å²) in [5, 5.41) is 2.57. The van der Waals surface area contributed by atoms with Crippen molar-refractivity contribution in [1.29, 1.82) is 0 Å². The Morgan fingerprint density at radius 2 is 2.24 bits per heavy atom. The molecule has 92 valence electrons. The molecule has 1 rings (SSSR count). The number of nitrogens with one attached hydrogen (secondary N) is 1. The van der Waals surface area contributed by atoms with Gasteiger partial charge in [0, 0.05) is 42.8 Å². The summed E-state index contributed by atoms with van der Waals surface area (Å²) in [5.41, 5.74) is 1.44. The third-order valence-electron chi connectivity index (χ3n) is 2.48. The van der Waals surface area contributed by atoms with E-state index in [0.29, 0.717) is 18.5 Å². The van der Waals surface area contributed by atoms with Gasteiger partial charge in [0.05, 0.1) is 0 Å². The van der Waals surface area contributed by atoms with E-state index in [4.69, 9.17) is 0 Å². The van der Waals surface area contributed by atoms with Crippen LogP contribution in [0.4, 0.5) is 5.69 Å². The van der Waals surface area contributed by atoms with Gasteiger partial charge in [0.2, 0.25) is 5.91 Å². The largest absolute Gasteiger partial charge is 0.374 e. The van der Waals surface area contributed by atoms with Crippen LogP contribution in [0.15, 0.2) is 22.7 Å². The standard InChI is InChI=1S/C12H15BrN2O2/c1-14-12(17)5-6-15(2)11-4-3-10(13)7-9(11)8-16/h3-4,7-8H,5-6H2,1-2H3,(H,14,17). The van der Waals surface area contributed by atoms with Crippen LogP contribution in [-0.4, -0.2) is 32.8 Å². The number of anilines is 1. The molecule has 0 spiro atoms. The number of hydrogen-bond donors (Lipinski definition) is 1. The normalized spacial score (nSPS) is 9.82. The van der Waals surface area contributed by atoms with Crippen LogP contribution >= 0.6 is 15.9 Å². The van der Waals surface area contributed by atoms with E-state index in [2.05, 4.69) is 21.2 Å². The number of carbonyl (C=O) groups excluding carboxylic acids is 2. The highest BCUT2D eigenvalue weighted by atomic mass is 79.9. The second kappa shape index (κ2) is 6.39. The Morgan fingerprint density at radius 3 is 2.82 bits per heavy atom. The van der Waals surface area contributed by atoms with Gasteiger partial charge in [-0.15, -0.1) is 0 Å². The number of rotatable bonds is 5. The zero-order chi connectivity index (χ0) is 12.8. The lowest BCUT2D eigenvalue weighted by Crippen LogP contribution is -2.26. The zero-order valence-corrected chi connectivity index (χ0v) is 11.5. The SMILES string of the molecule is CNC(=O)CCN(C)c1ccc(Br)cc1C=O. The first-order valence-corrected chi connectivity index (χ1v) is 6.04. The summed E-state index contributed by atoms with van der Waals surface area (Å²) in [7, 11) is 3.47. The average Bonchev–Trinajstić information content (AvgIpc) is 2.35. The van der Waals surface area contributed by atoms with E-state index in [1.165, 1.54) is 0 Å². The van der Waals surface area contributed by atoms with E-state index in [9.17, 15) is 9.59 Å². The van der Waals surface area contributed by atoms with Gasteiger partial charge in [-0.3, -0.25) is 9.59 Å². The van der Waals surface area contributed by atoms with E-state index >= 15 is 0 Å². The first kappa shape index (κ1) is 13.7. The number of carbonyl (C=O) groups is 2. The second-order valence-electron chi connectivity index (χ2n) is 3.67. The molecule has 4 nitrogen and oxygen atoms in total. The summed E-state index contributed by atoms with van der Waals surface area (Å²) in [6.07, 6.45) is 1.22. The van der Waals surface area contributed by atoms with Crippen LogP contribution in [-0.2, 0) is 4.79 Å². The van der Waals surface area contributed by atoms with Gasteiger partial charge in [0.25, 0.3) is 0 Å². The molecule has 0 saturated heterocycles. The molecule has 0 unspecified atom stereocenters. The average molecular weight is 299 g/mol. The predicted octanol–water partition coefficient (Wildman–Crippen LogP) is 1.83. The molecule has 1 amide bonds. The van der Waals surface area contributed by atoms with Crippen molar-refractivity contribution in [1.82, 2.24) is 5.32 Å². The molecule has 0 aliphatic carbocycles. The van der Waals surface area contributed by atoms with Crippen LogP contribution in [0.3, 0.4) is 0 Å². The Hall–Kier alpha value is -1.36. The maximum atomic E-state index is 11.1. The van der Waals surface area contributed by atoms with E-state index in [1.807, 2.05) is 24.1 Å². The highest BCUT2D eigenvalue weighted by molar-refractivity contribution is 9.10. The van der Waals surface area contributed by atoms with Crippen molar-refractivity contribution >= 4 is 33.8 Å². The summed E-state index contributed by atoms with van der Waals surface area (Å²) in [5.74, 6) is -0.0124. The maximum Gasteiger partial charge on any atom is 0.221 e. The van der Waals surface area contributed by atoms with Gasteiger partial charge in [0.1, 0.15) is 0 Å². The molecule has 17 heavy (non-hydrogen) atoms. The van der Waals surface area contributed by atoms with Crippen LogP contribution in [0.25, 0.3) is 0 Å². The van der Waals surface area contributed by atoms with Crippen LogP contribution in [0.2, 0.25) is 0 Å². The van der Waals surface area contributed by atoms with Gasteiger partial charge in [-0.05, 0) is 18.2 Å². The molecule has 0 aliphatic heterocycles. The molecule has 0 radical (unpaired) electrons. The lowest BCUT2D eigenvalue weighted by atomic mass is 10.2. The molecule has 1 N–H and O–H groups in total. The monoisotopic (exact) mass is 298 g/mol. The van der Waals surface area contributed by atoms with E-state index in [1.54, 1.807) is 13.1 Å². The first-order valence-electron chi connectivity index (χ1n) is 5.25. The minimum absolute atomic E-state index is 0.0124. The van der Waals surface area contributed by atoms with Crippen LogP contribution in [0, 0.1) is 0 Å². The van der Waals surface area contributed by atoms with Gasteiger partial charge < -0.3 is 10.2 Å². The molecule has 0 saturated carbocycles. The topological polar surface area (TPSA) is 49.4 Å². The number of aldehydes is 1. The third kappa shape index (κ3) is 3.85. The van der Waals surface area contributed by atoms with Crippen molar-refractivity contribution < 1.29 is 9.59 Å². The Bertz CT molecular complexity index is 421. The van der Waals surface area contributed by atoms with E-state index in [0.717, 1.165) is 16.4 Å². The Labute approximate surface area is 109 Å². The van der Waals surface area contributed by atoms with Crippen molar-refractivity contribution in [3.8, 4) is 0 Å². The lowest BCUT2D eigenvalue weighted by Gasteiger charge is -2.20. The molecule has 1 aromatic carbocycles. The molecule has 5 heteroatoms. The fourth-order valence-electron chi connectivity index (χ4n) is 1.48. The van der Waals surface area contributed by atoms with Crippen molar-refractivity contribution in [2.45, 2.75) is 6.42 Å². The highest BCUT2D eigenvalue weighted by Crippen LogP contribution is 2.22. The van der Waals surface area contributed by atoms with Crippen molar-refractivity contribution in [2.75, 3.05) is 25.5 Å². The predicted molar refractivity (Wildman–Crippen MR) is 71.5 cm³/mol. The molecule has 0 aromatic heterocycles. The molecule has 0 fully saturated rings. The Kier molecular flexibility index (Phi) is 5.15. The van der Waals surface area contributed by atoms with Crippen molar-refractivity contribution in [3.05, 3.63) is 28.2 Å². The van der Waals surface area contributed by atoms with Gasteiger partial charge >= 0.3 is 0 Å². The minimum Gasteiger partial charge on any atom is -0.374 e. The summed E-state index contributed by atoms with van der Waals surface area (Å²) < 4.78 is 0.864. The van der Waals surface area contributed by atoms with Crippen molar-refractivity contribution in [2.24, 2.45) is 0 Å². The number of halogens is 1. The maximum absolute atomic E-state index is 11.1. The van der Waals surface area contributed by atoms with Gasteiger partial charge in [-0.2, -0.15) is 0 Å². The third-order valence-corrected chi connectivity index (χ3v) is 2.97. The molecule has 0 aliphatic rings. The summed E-state index contributed by atoms with van der Waals surface area (Å²) in [4.78, 5) is 24.0. The smallest absolute Gasteiger partial charge is 0.221 e. The van der Waals surface area contributed by atoms with Gasteiger partial charge in [0.15, 0.2) is 6.29 Å². The molecule has 0 heterocycles. The summed E-state index contributed by atoms with van der Waals surface area (Å²) in [6.45, 7) is 0.572. The summed E-state index contributed by atoms with van der Waals surface area (Å²) in [6, 6.07) is 5.50. The van der Waals surface area contributed by atoms with Gasteiger partial charge in [-0.1, -0.05) is 15.9 Å². The quantitative estimate of drug-likeness (QED) is 0.844. The molecular weight excluding hydrogens is 284 g/mol. The van der Waals surface area contributed by atoms with Crippen LogP contribution in [0.1, 0.15) is 16.8 Å². The molecule has 1 aromatic rings. The highest BCUT2D eigenvalue weighted by Gasteiger charge is 2.08. The Morgan fingerprint density at radius 1 is 1.53 bits per heavy atom. The summed E-state index contributed by atoms with van der Waals surface area (Å²) >= 11 is 3.32. The van der Waals surface area contributed by atoms with E-state index < -0.39 is 0 Å². The van der Waals surface area contributed by atoms with Crippen LogP contribution < -0.4 is 10.2 Å².